The lowest BCUT2D eigenvalue weighted by Crippen LogP contribution is -2.04. The maximum atomic E-state index is 11.5. The number of allylic oxidation sites excluding steroid dienone is 1. The predicted octanol–water partition coefficient (Wildman–Crippen LogP) is 2.22. The first-order valence-corrected chi connectivity index (χ1v) is 5.18. The minimum Gasteiger partial charge on any atom is -0.469 e. The second-order valence-corrected chi connectivity index (χ2v) is 4.14. The summed E-state index contributed by atoms with van der Waals surface area (Å²) < 4.78 is 4.81. The van der Waals surface area contributed by atoms with Crippen LogP contribution in [0.15, 0.2) is 30.3 Å². The standard InChI is InChI=1S/C13H12O2/c1-15-13(14)12-10-7-6-8-4-2-3-5-9(8)11(10)12/h2-7,10-12H,1H3. The number of rotatable bonds is 1. The van der Waals surface area contributed by atoms with Gasteiger partial charge in [0.1, 0.15) is 0 Å². The van der Waals surface area contributed by atoms with Crippen molar-refractivity contribution in [2.24, 2.45) is 11.8 Å². The lowest BCUT2D eigenvalue weighted by molar-refractivity contribution is -0.142. The molecule has 0 spiro atoms. The molecule has 1 aromatic rings. The van der Waals surface area contributed by atoms with Crippen molar-refractivity contribution in [1.82, 2.24) is 0 Å². The van der Waals surface area contributed by atoms with E-state index in [1.165, 1.54) is 18.2 Å². The second-order valence-electron chi connectivity index (χ2n) is 4.14. The molecule has 2 nitrogen and oxygen atoms in total. The third-order valence-electron chi connectivity index (χ3n) is 3.40. The Morgan fingerprint density at radius 2 is 2.13 bits per heavy atom. The van der Waals surface area contributed by atoms with Gasteiger partial charge in [-0.2, -0.15) is 0 Å². The SMILES string of the molecule is COC(=O)C1C2C=Cc3ccccc3C21. The maximum absolute atomic E-state index is 11.5. The zero-order chi connectivity index (χ0) is 10.4. The summed E-state index contributed by atoms with van der Waals surface area (Å²) in [6.45, 7) is 0. The molecule has 3 atom stereocenters. The van der Waals surface area contributed by atoms with Gasteiger partial charge in [0.25, 0.3) is 0 Å². The summed E-state index contributed by atoms with van der Waals surface area (Å²) in [6, 6.07) is 8.26. The fourth-order valence-electron chi connectivity index (χ4n) is 2.60. The average molecular weight is 200 g/mol. The first-order chi connectivity index (χ1) is 7.33. The summed E-state index contributed by atoms with van der Waals surface area (Å²) in [6.07, 6.45) is 4.24. The van der Waals surface area contributed by atoms with Gasteiger partial charge >= 0.3 is 5.97 Å². The Kier molecular flexibility index (Phi) is 1.72. The van der Waals surface area contributed by atoms with Crippen molar-refractivity contribution in [2.75, 3.05) is 7.11 Å². The van der Waals surface area contributed by atoms with Crippen molar-refractivity contribution in [3.8, 4) is 0 Å². The number of carbonyl (C=O) groups excluding carboxylic acids is 1. The number of carbonyl (C=O) groups is 1. The average Bonchev–Trinajstić information content (AvgIpc) is 3.02. The van der Waals surface area contributed by atoms with Crippen LogP contribution in [0, 0.1) is 11.8 Å². The van der Waals surface area contributed by atoms with E-state index >= 15 is 0 Å². The quantitative estimate of drug-likeness (QED) is 0.650. The molecule has 0 N–H and O–H groups in total. The van der Waals surface area contributed by atoms with Gasteiger partial charge in [0.2, 0.25) is 0 Å². The van der Waals surface area contributed by atoms with Crippen molar-refractivity contribution in [3.05, 3.63) is 41.5 Å². The zero-order valence-corrected chi connectivity index (χ0v) is 8.51. The Morgan fingerprint density at radius 1 is 1.33 bits per heavy atom. The smallest absolute Gasteiger partial charge is 0.309 e. The highest BCUT2D eigenvalue weighted by atomic mass is 16.5. The Bertz CT molecular complexity index is 448. The molecule has 0 saturated heterocycles. The van der Waals surface area contributed by atoms with E-state index in [4.69, 9.17) is 4.74 Å². The van der Waals surface area contributed by atoms with E-state index in [0.29, 0.717) is 11.8 Å². The fourth-order valence-corrected chi connectivity index (χ4v) is 2.60. The highest BCUT2D eigenvalue weighted by molar-refractivity contribution is 5.81. The lowest BCUT2D eigenvalue weighted by atomic mass is 9.97. The van der Waals surface area contributed by atoms with Crippen LogP contribution in [-0.4, -0.2) is 13.1 Å². The van der Waals surface area contributed by atoms with E-state index in [2.05, 4.69) is 24.3 Å². The fraction of sp³-hybridized carbons (Fsp3) is 0.308. The van der Waals surface area contributed by atoms with E-state index in [9.17, 15) is 4.79 Å². The molecule has 0 aliphatic heterocycles. The van der Waals surface area contributed by atoms with Gasteiger partial charge in [-0.05, 0) is 17.0 Å². The van der Waals surface area contributed by atoms with Crippen LogP contribution >= 0.6 is 0 Å². The van der Waals surface area contributed by atoms with Gasteiger partial charge in [0.15, 0.2) is 0 Å². The highest BCUT2D eigenvalue weighted by Crippen LogP contribution is 2.58. The molecule has 1 fully saturated rings. The number of benzene rings is 1. The number of ether oxygens (including phenoxy) is 1. The van der Waals surface area contributed by atoms with Crippen molar-refractivity contribution < 1.29 is 9.53 Å². The maximum Gasteiger partial charge on any atom is 0.309 e. The Morgan fingerprint density at radius 3 is 2.93 bits per heavy atom. The van der Waals surface area contributed by atoms with Crippen molar-refractivity contribution in [1.29, 1.82) is 0 Å². The number of methoxy groups -OCH3 is 1. The summed E-state index contributed by atoms with van der Waals surface area (Å²) in [7, 11) is 1.46. The Balaban J connectivity index is 1.98. The van der Waals surface area contributed by atoms with Crippen molar-refractivity contribution in [3.63, 3.8) is 0 Å². The molecule has 2 aliphatic rings. The molecule has 1 aromatic carbocycles. The highest BCUT2D eigenvalue weighted by Gasteiger charge is 2.56. The van der Waals surface area contributed by atoms with E-state index in [1.807, 2.05) is 12.1 Å². The zero-order valence-electron chi connectivity index (χ0n) is 8.51. The molecule has 0 amide bonds. The van der Waals surface area contributed by atoms with Crippen LogP contribution < -0.4 is 0 Å². The van der Waals surface area contributed by atoms with Gasteiger partial charge in [0, 0.05) is 5.92 Å². The van der Waals surface area contributed by atoms with Crippen LogP contribution in [-0.2, 0) is 9.53 Å². The van der Waals surface area contributed by atoms with Gasteiger partial charge in [-0.3, -0.25) is 4.79 Å². The summed E-state index contributed by atoms with van der Waals surface area (Å²) in [4.78, 5) is 11.5. The molecule has 3 unspecified atom stereocenters. The summed E-state index contributed by atoms with van der Waals surface area (Å²) in [5, 5.41) is 0. The minimum absolute atomic E-state index is 0.0508. The molecule has 15 heavy (non-hydrogen) atoms. The van der Waals surface area contributed by atoms with Gasteiger partial charge < -0.3 is 4.74 Å². The summed E-state index contributed by atoms with van der Waals surface area (Å²) in [5.41, 5.74) is 2.53. The lowest BCUT2D eigenvalue weighted by Gasteiger charge is -2.07. The number of hydrogen-bond donors (Lipinski definition) is 0. The van der Waals surface area contributed by atoms with E-state index in [0.717, 1.165) is 0 Å². The Hall–Kier alpha value is -1.57. The van der Waals surface area contributed by atoms with Crippen LogP contribution in [0.3, 0.4) is 0 Å². The molecule has 76 valence electrons. The molecule has 0 heterocycles. The molecule has 0 radical (unpaired) electrons. The Labute approximate surface area is 88.6 Å². The molecule has 2 heteroatoms. The number of fused-ring (bicyclic) bond motifs is 3. The normalized spacial score (nSPS) is 30.3. The molecule has 2 aliphatic carbocycles. The van der Waals surface area contributed by atoms with Crippen molar-refractivity contribution in [2.45, 2.75) is 5.92 Å². The van der Waals surface area contributed by atoms with Crippen LogP contribution in [0.1, 0.15) is 17.0 Å². The van der Waals surface area contributed by atoms with Crippen LogP contribution in [0.5, 0.6) is 0 Å². The van der Waals surface area contributed by atoms with Gasteiger partial charge in [-0.15, -0.1) is 0 Å². The van der Waals surface area contributed by atoms with E-state index in [-0.39, 0.29) is 11.9 Å². The minimum atomic E-state index is -0.0775. The van der Waals surface area contributed by atoms with Gasteiger partial charge in [-0.1, -0.05) is 36.4 Å². The van der Waals surface area contributed by atoms with Crippen molar-refractivity contribution >= 4 is 12.0 Å². The molecule has 3 rings (SSSR count). The monoisotopic (exact) mass is 200 g/mol. The van der Waals surface area contributed by atoms with Crippen LogP contribution in [0.4, 0.5) is 0 Å². The molecule has 0 bridgehead atoms. The van der Waals surface area contributed by atoms with Crippen LogP contribution in [0.2, 0.25) is 0 Å². The topological polar surface area (TPSA) is 26.3 Å². The third kappa shape index (κ3) is 1.14. The molecular formula is C13H12O2. The van der Waals surface area contributed by atoms with Gasteiger partial charge in [0.05, 0.1) is 13.0 Å². The largest absolute Gasteiger partial charge is 0.469 e. The van der Waals surface area contributed by atoms with E-state index < -0.39 is 0 Å². The second kappa shape index (κ2) is 2.96. The van der Waals surface area contributed by atoms with Crippen LogP contribution in [0.25, 0.3) is 6.08 Å². The number of esters is 1. The molecule has 1 saturated carbocycles. The first-order valence-electron chi connectivity index (χ1n) is 5.18. The first kappa shape index (κ1) is 8.72. The van der Waals surface area contributed by atoms with Gasteiger partial charge in [-0.25, -0.2) is 0 Å². The molecule has 0 aromatic heterocycles. The van der Waals surface area contributed by atoms with E-state index in [1.54, 1.807) is 0 Å². The number of hydrogen-bond acceptors (Lipinski definition) is 2. The molecular weight excluding hydrogens is 188 g/mol. The summed E-state index contributed by atoms with van der Waals surface area (Å²) >= 11 is 0. The summed E-state index contributed by atoms with van der Waals surface area (Å²) in [5.74, 6) is 0.701. The third-order valence-corrected chi connectivity index (χ3v) is 3.40. The predicted molar refractivity (Wildman–Crippen MR) is 57.2 cm³/mol.